The van der Waals surface area contributed by atoms with Crippen LogP contribution in [0.4, 0.5) is 4.79 Å². The van der Waals surface area contributed by atoms with E-state index in [1.54, 1.807) is 12.0 Å². The number of nitrogens with one attached hydrogen (secondary N) is 1. The molecule has 2 amide bonds. The summed E-state index contributed by atoms with van der Waals surface area (Å²) < 4.78 is 7.50. The van der Waals surface area contributed by atoms with Crippen molar-refractivity contribution in [3.8, 4) is 0 Å². The highest BCUT2D eigenvalue weighted by Gasteiger charge is 2.37. The predicted octanol–water partition coefficient (Wildman–Crippen LogP) is 3.10. The maximum Gasteiger partial charge on any atom is 0.317 e. The summed E-state index contributed by atoms with van der Waals surface area (Å²) in [6.45, 7) is 2.91. The Balaban J connectivity index is 1.49. The number of fused-ring (bicyclic) bond motifs is 1. The molecule has 0 aliphatic heterocycles. The Hall–Kier alpha value is -2.01. The third kappa shape index (κ3) is 3.56. The fourth-order valence-electron chi connectivity index (χ4n) is 3.45. The molecule has 0 saturated heterocycles. The number of likely N-dealkylation sites (N-methyl/N-ethyl adjacent to an activating group) is 1. The van der Waals surface area contributed by atoms with Crippen LogP contribution < -0.4 is 5.32 Å². The van der Waals surface area contributed by atoms with Crippen LogP contribution in [-0.4, -0.2) is 49.4 Å². The first-order chi connectivity index (χ1) is 11.6. The molecule has 0 spiro atoms. The average molecular weight is 329 g/mol. The summed E-state index contributed by atoms with van der Waals surface area (Å²) in [6, 6.07) is 10.4. The molecule has 3 rings (SSSR count). The van der Waals surface area contributed by atoms with Crippen LogP contribution in [0.25, 0.3) is 10.9 Å². The lowest BCUT2D eigenvalue weighted by atomic mass is 9.69. The molecule has 1 saturated carbocycles. The van der Waals surface area contributed by atoms with Crippen molar-refractivity contribution >= 4 is 16.9 Å². The first-order valence-electron chi connectivity index (χ1n) is 8.65. The molecule has 0 bridgehead atoms. The lowest BCUT2D eigenvalue weighted by Gasteiger charge is -2.41. The zero-order valence-corrected chi connectivity index (χ0v) is 14.6. The number of aromatic nitrogens is 1. The van der Waals surface area contributed by atoms with Gasteiger partial charge in [0.05, 0.1) is 6.61 Å². The van der Waals surface area contributed by atoms with Crippen molar-refractivity contribution in [3.05, 3.63) is 36.5 Å². The van der Waals surface area contributed by atoms with Crippen LogP contribution in [0, 0.1) is 5.41 Å². The average Bonchev–Trinajstić information content (AvgIpc) is 2.98. The van der Waals surface area contributed by atoms with E-state index in [1.807, 2.05) is 19.2 Å². The maximum atomic E-state index is 12.3. The second-order valence-corrected chi connectivity index (χ2v) is 6.93. The molecule has 5 nitrogen and oxygen atoms in total. The highest BCUT2D eigenvalue weighted by molar-refractivity contribution is 5.80. The van der Waals surface area contributed by atoms with Crippen LogP contribution in [0.5, 0.6) is 0 Å². The minimum Gasteiger partial charge on any atom is -0.384 e. The second-order valence-electron chi connectivity index (χ2n) is 6.93. The fraction of sp³-hybridized carbons (Fsp3) is 0.526. The standard InChI is InChI=1S/C19H27N3O2/c1-21(18(23)20-14-19(15-24-2)9-5-10-19)12-13-22-11-8-16-6-3-4-7-17(16)22/h3-4,6-8,11H,5,9-10,12-15H2,1-2H3,(H,20,23). The van der Waals surface area contributed by atoms with Gasteiger partial charge in [0.15, 0.2) is 0 Å². The van der Waals surface area contributed by atoms with Crippen LogP contribution in [0.3, 0.4) is 0 Å². The number of ether oxygens (including phenoxy) is 1. The van der Waals surface area contributed by atoms with E-state index in [4.69, 9.17) is 4.74 Å². The summed E-state index contributed by atoms with van der Waals surface area (Å²) in [6.07, 6.45) is 5.59. The number of urea groups is 1. The number of hydrogen-bond donors (Lipinski definition) is 1. The maximum absolute atomic E-state index is 12.3. The van der Waals surface area contributed by atoms with Gasteiger partial charge in [-0.3, -0.25) is 0 Å². The van der Waals surface area contributed by atoms with Crippen LogP contribution in [0.1, 0.15) is 19.3 Å². The quantitative estimate of drug-likeness (QED) is 0.848. The molecule has 1 aliphatic rings. The molecule has 1 aliphatic carbocycles. The molecule has 1 N–H and O–H groups in total. The molecule has 24 heavy (non-hydrogen) atoms. The van der Waals surface area contributed by atoms with Gasteiger partial charge in [-0.25, -0.2) is 4.79 Å². The Kier molecular flexibility index (Phi) is 5.09. The Bertz CT molecular complexity index is 691. The molecule has 130 valence electrons. The largest absolute Gasteiger partial charge is 0.384 e. The van der Waals surface area contributed by atoms with Gasteiger partial charge in [0.1, 0.15) is 0 Å². The van der Waals surface area contributed by atoms with Gasteiger partial charge in [0.25, 0.3) is 0 Å². The third-order valence-electron chi connectivity index (χ3n) is 5.18. The summed E-state index contributed by atoms with van der Waals surface area (Å²) in [5.74, 6) is 0. The monoisotopic (exact) mass is 329 g/mol. The summed E-state index contributed by atoms with van der Waals surface area (Å²) in [7, 11) is 3.58. The van der Waals surface area contributed by atoms with Crippen molar-refractivity contribution in [2.45, 2.75) is 25.8 Å². The molecule has 1 aromatic heterocycles. The number of amides is 2. The van der Waals surface area contributed by atoms with Crippen LogP contribution >= 0.6 is 0 Å². The number of para-hydroxylation sites is 1. The zero-order valence-electron chi connectivity index (χ0n) is 14.6. The van der Waals surface area contributed by atoms with Gasteiger partial charge in [0, 0.05) is 50.9 Å². The fourth-order valence-corrected chi connectivity index (χ4v) is 3.45. The van der Waals surface area contributed by atoms with Crippen molar-refractivity contribution in [2.75, 3.05) is 33.9 Å². The van der Waals surface area contributed by atoms with E-state index >= 15 is 0 Å². The van der Waals surface area contributed by atoms with E-state index in [2.05, 4.69) is 34.3 Å². The van der Waals surface area contributed by atoms with Crippen LogP contribution in [0.15, 0.2) is 36.5 Å². The van der Waals surface area contributed by atoms with Crippen LogP contribution in [0.2, 0.25) is 0 Å². The Morgan fingerprint density at radius 2 is 2.12 bits per heavy atom. The zero-order chi connectivity index (χ0) is 17.0. The van der Waals surface area contributed by atoms with Gasteiger partial charge in [-0.1, -0.05) is 24.6 Å². The predicted molar refractivity (Wildman–Crippen MR) is 96.1 cm³/mol. The SMILES string of the molecule is COCC1(CNC(=O)N(C)CCn2ccc3ccccc32)CCC1. The van der Waals surface area contributed by atoms with E-state index in [1.165, 1.54) is 17.3 Å². The smallest absolute Gasteiger partial charge is 0.317 e. The molecule has 0 atom stereocenters. The minimum absolute atomic E-state index is 0.00570. The summed E-state index contributed by atoms with van der Waals surface area (Å²) in [5, 5.41) is 4.31. The van der Waals surface area contributed by atoms with Crippen molar-refractivity contribution in [1.29, 1.82) is 0 Å². The van der Waals surface area contributed by atoms with Crippen molar-refractivity contribution in [2.24, 2.45) is 5.41 Å². The Labute approximate surface area is 143 Å². The van der Waals surface area contributed by atoms with Crippen molar-refractivity contribution in [3.63, 3.8) is 0 Å². The summed E-state index contributed by atoms with van der Waals surface area (Å²) in [5.41, 5.74) is 1.36. The van der Waals surface area contributed by atoms with E-state index in [9.17, 15) is 4.79 Å². The number of nitrogens with zero attached hydrogens (tertiary/aromatic N) is 2. The highest BCUT2D eigenvalue weighted by atomic mass is 16.5. The molecular formula is C19H27N3O2. The highest BCUT2D eigenvalue weighted by Crippen LogP contribution is 2.40. The molecular weight excluding hydrogens is 302 g/mol. The Morgan fingerprint density at radius 1 is 1.33 bits per heavy atom. The number of benzene rings is 1. The van der Waals surface area contributed by atoms with Gasteiger partial charge in [0.2, 0.25) is 0 Å². The molecule has 5 heteroatoms. The Morgan fingerprint density at radius 3 is 2.83 bits per heavy atom. The van der Waals surface area contributed by atoms with Crippen LogP contribution in [-0.2, 0) is 11.3 Å². The van der Waals surface area contributed by atoms with Gasteiger partial charge in [-0.05, 0) is 30.4 Å². The second kappa shape index (κ2) is 7.26. The summed E-state index contributed by atoms with van der Waals surface area (Å²) >= 11 is 0. The number of carbonyl (C=O) groups excluding carboxylic acids is 1. The van der Waals surface area contributed by atoms with Crippen molar-refractivity contribution in [1.82, 2.24) is 14.8 Å². The number of methoxy groups -OCH3 is 1. The lowest BCUT2D eigenvalue weighted by molar-refractivity contribution is 0.0192. The number of hydrogen-bond acceptors (Lipinski definition) is 2. The number of carbonyl (C=O) groups is 1. The first kappa shape index (κ1) is 16.8. The minimum atomic E-state index is -0.00570. The molecule has 2 aromatic rings. The molecule has 0 radical (unpaired) electrons. The first-order valence-corrected chi connectivity index (χ1v) is 8.65. The van der Waals surface area contributed by atoms with Crippen molar-refractivity contribution < 1.29 is 9.53 Å². The van der Waals surface area contributed by atoms with Gasteiger partial charge >= 0.3 is 6.03 Å². The van der Waals surface area contributed by atoms with E-state index in [-0.39, 0.29) is 11.4 Å². The van der Waals surface area contributed by atoms with E-state index in [0.29, 0.717) is 13.1 Å². The van der Waals surface area contributed by atoms with Gasteiger partial charge in [-0.15, -0.1) is 0 Å². The summed E-state index contributed by atoms with van der Waals surface area (Å²) in [4.78, 5) is 14.1. The molecule has 1 aromatic carbocycles. The number of rotatable bonds is 7. The molecule has 1 fully saturated rings. The van der Waals surface area contributed by atoms with Gasteiger partial charge in [-0.2, -0.15) is 0 Å². The lowest BCUT2D eigenvalue weighted by Crippen LogP contribution is -2.48. The van der Waals surface area contributed by atoms with E-state index < -0.39 is 0 Å². The third-order valence-corrected chi connectivity index (χ3v) is 5.18. The topological polar surface area (TPSA) is 46.5 Å². The normalized spacial score (nSPS) is 15.9. The van der Waals surface area contributed by atoms with Gasteiger partial charge < -0.3 is 19.5 Å². The van der Waals surface area contributed by atoms with E-state index in [0.717, 1.165) is 26.0 Å². The molecule has 0 unspecified atom stereocenters. The molecule has 1 heterocycles.